The molecular weight excluding hydrogens is 318 g/mol. The third-order valence-electron chi connectivity index (χ3n) is 4.37. The number of benzene rings is 4. The van der Waals surface area contributed by atoms with Crippen molar-refractivity contribution in [1.82, 2.24) is 0 Å². The topological polar surface area (TPSA) is 23.5 Å². The Labute approximate surface area is 153 Å². The molecule has 0 bridgehead atoms. The van der Waals surface area contributed by atoms with Crippen LogP contribution in [0.15, 0.2) is 109 Å². The Morgan fingerprint density at radius 2 is 0.923 bits per heavy atom. The lowest BCUT2D eigenvalue weighted by atomic mass is 10.0. The first-order valence-corrected chi connectivity index (χ1v) is 8.61. The summed E-state index contributed by atoms with van der Waals surface area (Å²) < 4.78 is 0. The molecule has 4 aromatic rings. The summed E-state index contributed by atoms with van der Waals surface area (Å²) in [6.45, 7) is 0. The van der Waals surface area contributed by atoms with E-state index < -0.39 is 0 Å². The molecule has 2 nitrogen and oxygen atoms in total. The molecule has 126 valence electrons. The van der Waals surface area contributed by atoms with Crippen LogP contribution in [0.4, 0.5) is 17.1 Å². The van der Waals surface area contributed by atoms with Gasteiger partial charge in [-0.05, 0) is 48.0 Å². The van der Waals surface area contributed by atoms with Crippen LogP contribution in [0, 0.1) is 0 Å². The smallest absolute Gasteiger partial charge is 0.123 e. The molecular formula is C24H19NO. The Morgan fingerprint density at radius 3 is 1.46 bits per heavy atom. The summed E-state index contributed by atoms with van der Waals surface area (Å²) in [7, 11) is 0. The average Bonchev–Trinajstić information content (AvgIpc) is 2.71. The van der Waals surface area contributed by atoms with Crippen LogP contribution in [0.3, 0.4) is 0 Å². The van der Waals surface area contributed by atoms with Crippen molar-refractivity contribution in [3.05, 3.63) is 109 Å². The molecule has 0 spiro atoms. The van der Waals surface area contributed by atoms with Gasteiger partial charge in [0.05, 0.1) is 0 Å². The zero-order chi connectivity index (χ0) is 17.8. The van der Waals surface area contributed by atoms with E-state index in [-0.39, 0.29) is 0 Å². The van der Waals surface area contributed by atoms with Crippen LogP contribution in [0.1, 0.15) is 0 Å². The van der Waals surface area contributed by atoms with Gasteiger partial charge in [0, 0.05) is 22.6 Å². The number of hydrogen-bond donors (Lipinski definition) is 1. The van der Waals surface area contributed by atoms with Crippen molar-refractivity contribution in [3.8, 4) is 16.9 Å². The summed E-state index contributed by atoms with van der Waals surface area (Å²) in [5.41, 5.74) is 5.11. The first kappa shape index (κ1) is 16.0. The monoisotopic (exact) mass is 337 g/mol. The summed E-state index contributed by atoms with van der Waals surface area (Å²) in [4.78, 5) is 2.22. The van der Waals surface area contributed by atoms with Gasteiger partial charge in [0.1, 0.15) is 5.75 Å². The van der Waals surface area contributed by atoms with E-state index in [0.29, 0.717) is 5.75 Å². The average molecular weight is 337 g/mol. The summed E-state index contributed by atoms with van der Waals surface area (Å²) in [5.74, 6) is 0.295. The largest absolute Gasteiger partial charge is 0.507 e. The number of phenols is 1. The second-order valence-electron chi connectivity index (χ2n) is 6.07. The van der Waals surface area contributed by atoms with Gasteiger partial charge in [-0.15, -0.1) is 0 Å². The Kier molecular flexibility index (Phi) is 4.40. The second-order valence-corrected chi connectivity index (χ2v) is 6.07. The standard InChI is InChI=1S/C24H19NO/c26-24-14-8-7-13-23(24)19-15-17-22(18-16-19)25(20-9-3-1-4-10-20)21-11-5-2-6-12-21/h1-18,26H. The maximum absolute atomic E-state index is 10.1. The highest BCUT2D eigenvalue weighted by atomic mass is 16.3. The molecule has 0 aliphatic heterocycles. The van der Waals surface area contributed by atoms with Gasteiger partial charge in [-0.25, -0.2) is 0 Å². The van der Waals surface area contributed by atoms with E-state index in [1.165, 1.54) is 0 Å². The Balaban J connectivity index is 1.76. The van der Waals surface area contributed by atoms with Crippen LogP contribution in [0.25, 0.3) is 11.1 Å². The predicted molar refractivity (Wildman–Crippen MR) is 108 cm³/mol. The number of aromatic hydroxyl groups is 1. The van der Waals surface area contributed by atoms with E-state index in [1.54, 1.807) is 6.07 Å². The fraction of sp³-hybridized carbons (Fsp3) is 0. The van der Waals surface area contributed by atoms with Gasteiger partial charge in [-0.2, -0.15) is 0 Å². The molecule has 26 heavy (non-hydrogen) atoms. The Hall–Kier alpha value is -3.52. The number of anilines is 3. The highest BCUT2D eigenvalue weighted by Crippen LogP contribution is 2.36. The quantitative estimate of drug-likeness (QED) is 0.457. The minimum atomic E-state index is 0.295. The molecule has 0 aliphatic carbocycles. The van der Waals surface area contributed by atoms with Crippen LogP contribution < -0.4 is 4.90 Å². The van der Waals surface area contributed by atoms with Gasteiger partial charge in [0.15, 0.2) is 0 Å². The van der Waals surface area contributed by atoms with Crippen LogP contribution >= 0.6 is 0 Å². The highest BCUT2D eigenvalue weighted by Gasteiger charge is 2.12. The normalized spacial score (nSPS) is 10.5. The van der Waals surface area contributed by atoms with Gasteiger partial charge in [0.2, 0.25) is 0 Å². The molecule has 0 unspecified atom stereocenters. The molecule has 0 saturated carbocycles. The van der Waals surface area contributed by atoms with E-state index in [1.807, 2.05) is 66.7 Å². The maximum Gasteiger partial charge on any atom is 0.123 e. The van der Waals surface area contributed by atoms with Crippen molar-refractivity contribution >= 4 is 17.1 Å². The second kappa shape index (κ2) is 7.16. The van der Waals surface area contributed by atoms with E-state index in [2.05, 4.69) is 41.3 Å². The molecule has 4 rings (SSSR count). The number of para-hydroxylation sites is 3. The van der Waals surface area contributed by atoms with Crippen LogP contribution in [-0.4, -0.2) is 5.11 Å². The molecule has 1 N–H and O–H groups in total. The van der Waals surface area contributed by atoms with Crippen LogP contribution in [0.2, 0.25) is 0 Å². The van der Waals surface area contributed by atoms with Crippen molar-refractivity contribution in [2.45, 2.75) is 0 Å². The van der Waals surface area contributed by atoms with Gasteiger partial charge in [-0.3, -0.25) is 0 Å². The Bertz CT molecular complexity index is 940. The maximum atomic E-state index is 10.1. The molecule has 2 heteroatoms. The van der Waals surface area contributed by atoms with E-state index in [4.69, 9.17) is 0 Å². The molecule has 0 radical (unpaired) electrons. The molecule has 0 atom stereocenters. The lowest BCUT2D eigenvalue weighted by Crippen LogP contribution is -2.09. The molecule has 0 heterocycles. The number of rotatable bonds is 4. The minimum absolute atomic E-state index is 0.295. The Morgan fingerprint density at radius 1 is 0.462 bits per heavy atom. The molecule has 0 fully saturated rings. The fourth-order valence-electron chi connectivity index (χ4n) is 3.11. The van der Waals surface area contributed by atoms with E-state index >= 15 is 0 Å². The van der Waals surface area contributed by atoms with Crippen molar-refractivity contribution in [2.75, 3.05) is 4.90 Å². The molecule has 0 saturated heterocycles. The summed E-state index contributed by atoms with van der Waals surface area (Å²) in [6, 6.07) is 36.3. The fourth-order valence-corrected chi connectivity index (χ4v) is 3.11. The lowest BCUT2D eigenvalue weighted by Gasteiger charge is -2.25. The van der Waals surface area contributed by atoms with Gasteiger partial charge in [0.25, 0.3) is 0 Å². The van der Waals surface area contributed by atoms with Gasteiger partial charge >= 0.3 is 0 Å². The van der Waals surface area contributed by atoms with E-state index in [0.717, 1.165) is 28.2 Å². The van der Waals surface area contributed by atoms with Crippen molar-refractivity contribution < 1.29 is 5.11 Å². The first-order chi connectivity index (χ1) is 12.8. The van der Waals surface area contributed by atoms with Crippen LogP contribution in [0.5, 0.6) is 5.75 Å². The van der Waals surface area contributed by atoms with Crippen molar-refractivity contribution in [2.24, 2.45) is 0 Å². The van der Waals surface area contributed by atoms with Crippen molar-refractivity contribution in [3.63, 3.8) is 0 Å². The predicted octanol–water partition coefficient (Wildman–Crippen LogP) is 6.53. The molecule has 0 aromatic heterocycles. The number of phenolic OH excluding ortho intramolecular Hbond substituents is 1. The molecule has 4 aromatic carbocycles. The molecule has 0 amide bonds. The molecule has 0 aliphatic rings. The first-order valence-electron chi connectivity index (χ1n) is 8.61. The van der Waals surface area contributed by atoms with Crippen LogP contribution in [-0.2, 0) is 0 Å². The lowest BCUT2D eigenvalue weighted by molar-refractivity contribution is 0.477. The zero-order valence-corrected chi connectivity index (χ0v) is 14.3. The number of nitrogens with zero attached hydrogens (tertiary/aromatic N) is 1. The summed E-state index contributed by atoms with van der Waals surface area (Å²) >= 11 is 0. The SMILES string of the molecule is Oc1ccccc1-c1ccc(N(c2ccccc2)c2ccccc2)cc1. The minimum Gasteiger partial charge on any atom is -0.507 e. The van der Waals surface area contributed by atoms with Crippen molar-refractivity contribution in [1.29, 1.82) is 0 Å². The zero-order valence-electron chi connectivity index (χ0n) is 14.3. The third kappa shape index (κ3) is 3.17. The number of hydrogen-bond acceptors (Lipinski definition) is 2. The third-order valence-corrected chi connectivity index (χ3v) is 4.37. The van der Waals surface area contributed by atoms with Gasteiger partial charge in [-0.1, -0.05) is 66.7 Å². The highest BCUT2D eigenvalue weighted by molar-refractivity contribution is 5.79. The summed E-state index contributed by atoms with van der Waals surface area (Å²) in [5, 5.41) is 10.1. The van der Waals surface area contributed by atoms with E-state index in [9.17, 15) is 5.11 Å². The van der Waals surface area contributed by atoms with Gasteiger partial charge < -0.3 is 10.0 Å². The summed E-state index contributed by atoms with van der Waals surface area (Å²) in [6.07, 6.45) is 0.